The van der Waals surface area contributed by atoms with Gasteiger partial charge in [0, 0.05) is 5.02 Å². The van der Waals surface area contributed by atoms with E-state index >= 15 is 0 Å². The summed E-state index contributed by atoms with van der Waals surface area (Å²) in [6, 6.07) is 2.78. The number of carboxylic acid groups (broad SMARTS) is 1. The number of carbonyl (C=O) groups excluding carboxylic acids is 1. The summed E-state index contributed by atoms with van der Waals surface area (Å²) in [7, 11) is 0. The van der Waals surface area contributed by atoms with E-state index in [9.17, 15) is 14.0 Å². The van der Waals surface area contributed by atoms with Crippen LogP contribution in [0.15, 0.2) is 18.2 Å². The van der Waals surface area contributed by atoms with E-state index in [2.05, 4.69) is 5.32 Å². The number of hydrogen-bond donors (Lipinski definition) is 2. The second kappa shape index (κ2) is 7.09. The lowest BCUT2D eigenvalue weighted by Crippen LogP contribution is -2.42. The van der Waals surface area contributed by atoms with Crippen LogP contribution in [0.3, 0.4) is 0 Å². The van der Waals surface area contributed by atoms with E-state index in [0.29, 0.717) is 5.02 Å². The van der Waals surface area contributed by atoms with Gasteiger partial charge in [-0.1, -0.05) is 11.6 Å². The molecule has 1 atom stereocenters. The number of nitrogens with one attached hydrogen (secondary N) is 1. The molecule has 1 rings (SSSR count). The molecule has 0 bridgehead atoms. The number of aliphatic carboxylic acids is 1. The first-order valence-corrected chi connectivity index (χ1v) is 6.28. The summed E-state index contributed by atoms with van der Waals surface area (Å²) in [4.78, 5) is 22.7. The number of rotatable bonds is 6. The Balaban J connectivity index is 3.01. The van der Waals surface area contributed by atoms with Gasteiger partial charge in [0.1, 0.15) is 12.4 Å². The number of carboxylic acids is 1. The van der Waals surface area contributed by atoms with Crippen LogP contribution in [0.5, 0.6) is 5.75 Å². The Kier molecular flexibility index (Phi) is 5.76. The molecule has 0 radical (unpaired) electrons. The van der Waals surface area contributed by atoms with Crippen molar-refractivity contribution >= 4 is 23.5 Å². The Morgan fingerprint density at radius 3 is 2.60 bits per heavy atom. The molecule has 0 saturated carbocycles. The Bertz CT molecular complexity index is 507. The number of carbonyl (C=O) groups is 2. The van der Waals surface area contributed by atoms with Crippen molar-refractivity contribution in [3.05, 3.63) is 28.8 Å². The SMILES string of the molecule is CC(C)Oc1ccc(Cl)cc1C(=O)NC(CF)C(=O)O. The number of halogens is 2. The van der Waals surface area contributed by atoms with E-state index in [1.54, 1.807) is 19.9 Å². The maximum Gasteiger partial charge on any atom is 0.328 e. The lowest BCUT2D eigenvalue weighted by molar-refractivity contribution is -0.139. The molecule has 5 nitrogen and oxygen atoms in total. The van der Waals surface area contributed by atoms with Crippen LogP contribution in [-0.2, 0) is 4.79 Å². The number of hydrogen-bond acceptors (Lipinski definition) is 3. The minimum absolute atomic E-state index is 0.0610. The van der Waals surface area contributed by atoms with E-state index in [0.717, 1.165) is 0 Å². The van der Waals surface area contributed by atoms with Gasteiger partial charge in [0.15, 0.2) is 6.04 Å². The van der Waals surface area contributed by atoms with E-state index in [4.69, 9.17) is 21.4 Å². The first-order chi connectivity index (χ1) is 9.35. The summed E-state index contributed by atoms with van der Waals surface area (Å²) >= 11 is 5.80. The zero-order valence-electron chi connectivity index (χ0n) is 11.0. The van der Waals surface area contributed by atoms with Gasteiger partial charge in [-0.2, -0.15) is 0 Å². The standard InChI is InChI=1S/C13H15ClFNO4/c1-7(2)20-11-4-3-8(14)5-9(11)12(17)16-10(6-15)13(18)19/h3-5,7,10H,6H2,1-2H3,(H,16,17)(H,18,19). The molecule has 20 heavy (non-hydrogen) atoms. The van der Waals surface area contributed by atoms with Crippen molar-refractivity contribution in [1.29, 1.82) is 0 Å². The van der Waals surface area contributed by atoms with Crippen LogP contribution >= 0.6 is 11.6 Å². The van der Waals surface area contributed by atoms with Crippen LogP contribution in [-0.4, -0.2) is 35.8 Å². The Morgan fingerprint density at radius 1 is 1.45 bits per heavy atom. The maximum absolute atomic E-state index is 12.5. The second-order valence-electron chi connectivity index (χ2n) is 4.33. The van der Waals surface area contributed by atoms with Crippen LogP contribution in [0.25, 0.3) is 0 Å². The third-order valence-electron chi connectivity index (χ3n) is 2.31. The van der Waals surface area contributed by atoms with Gasteiger partial charge in [-0.15, -0.1) is 0 Å². The van der Waals surface area contributed by atoms with Crippen molar-refractivity contribution in [1.82, 2.24) is 5.32 Å². The summed E-state index contributed by atoms with van der Waals surface area (Å²) < 4.78 is 18.0. The van der Waals surface area contributed by atoms with Crippen molar-refractivity contribution < 1.29 is 23.8 Å². The third-order valence-corrected chi connectivity index (χ3v) is 2.54. The van der Waals surface area contributed by atoms with Gasteiger partial charge in [0.25, 0.3) is 5.91 Å². The fraction of sp³-hybridized carbons (Fsp3) is 0.385. The van der Waals surface area contributed by atoms with E-state index in [-0.39, 0.29) is 17.4 Å². The van der Waals surface area contributed by atoms with Gasteiger partial charge in [0.05, 0.1) is 11.7 Å². The van der Waals surface area contributed by atoms with E-state index in [1.165, 1.54) is 12.1 Å². The quantitative estimate of drug-likeness (QED) is 0.845. The number of ether oxygens (including phenoxy) is 1. The highest BCUT2D eigenvalue weighted by Gasteiger charge is 2.22. The normalized spacial score (nSPS) is 12.1. The average Bonchev–Trinajstić information content (AvgIpc) is 2.36. The largest absolute Gasteiger partial charge is 0.490 e. The van der Waals surface area contributed by atoms with Gasteiger partial charge in [-0.3, -0.25) is 4.79 Å². The van der Waals surface area contributed by atoms with E-state index < -0.39 is 24.6 Å². The van der Waals surface area contributed by atoms with Crippen LogP contribution in [0.1, 0.15) is 24.2 Å². The molecule has 0 saturated heterocycles. The minimum atomic E-state index is -1.60. The van der Waals surface area contributed by atoms with Crippen LogP contribution in [0.2, 0.25) is 5.02 Å². The van der Waals surface area contributed by atoms with Gasteiger partial charge in [-0.25, -0.2) is 9.18 Å². The van der Waals surface area contributed by atoms with Crippen molar-refractivity contribution in [2.75, 3.05) is 6.67 Å². The Hall–Kier alpha value is -1.82. The van der Waals surface area contributed by atoms with Gasteiger partial charge >= 0.3 is 5.97 Å². The minimum Gasteiger partial charge on any atom is -0.490 e. The highest BCUT2D eigenvalue weighted by molar-refractivity contribution is 6.31. The topological polar surface area (TPSA) is 75.6 Å². The summed E-state index contributed by atoms with van der Waals surface area (Å²) in [5.74, 6) is -1.95. The zero-order valence-corrected chi connectivity index (χ0v) is 11.8. The fourth-order valence-corrected chi connectivity index (χ4v) is 1.61. The molecule has 1 aromatic carbocycles. The molecule has 0 aliphatic rings. The molecule has 7 heteroatoms. The van der Waals surface area contributed by atoms with Crippen molar-refractivity contribution in [2.45, 2.75) is 26.0 Å². The van der Waals surface area contributed by atoms with Crippen molar-refractivity contribution in [3.8, 4) is 5.75 Å². The number of alkyl halides is 1. The number of amides is 1. The van der Waals surface area contributed by atoms with Crippen LogP contribution < -0.4 is 10.1 Å². The highest BCUT2D eigenvalue weighted by atomic mass is 35.5. The predicted octanol–water partition coefficient (Wildman–Crippen LogP) is 2.28. The molecule has 0 aliphatic heterocycles. The average molecular weight is 304 g/mol. The molecule has 0 spiro atoms. The molecule has 2 N–H and O–H groups in total. The molecule has 1 amide bonds. The Labute approximate surface area is 120 Å². The monoisotopic (exact) mass is 303 g/mol. The summed E-state index contributed by atoms with van der Waals surface area (Å²) in [5, 5.41) is 11.1. The Morgan fingerprint density at radius 2 is 2.10 bits per heavy atom. The zero-order chi connectivity index (χ0) is 15.3. The van der Waals surface area contributed by atoms with Crippen molar-refractivity contribution in [3.63, 3.8) is 0 Å². The fourth-order valence-electron chi connectivity index (χ4n) is 1.44. The molecule has 1 unspecified atom stereocenters. The summed E-state index contributed by atoms with van der Waals surface area (Å²) in [6.07, 6.45) is -0.181. The lowest BCUT2D eigenvalue weighted by atomic mass is 10.1. The lowest BCUT2D eigenvalue weighted by Gasteiger charge is -2.16. The smallest absolute Gasteiger partial charge is 0.328 e. The molecule has 0 heterocycles. The molecule has 0 aromatic heterocycles. The number of benzene rings is 1. The highest BCUT2D eigenvalue weighted by Crippen LogP contribution is 2.24. The predicted molar refractivity (Wildman–Crippen MR) is 72.1 cm³/mol. The van der Waals surface area contributed by atoms with Crippen LogP contribution in [0.4, 0.5) is 4.39 Å². The first kappa shape index (κ1) is 16.2. The molecule has 110 valence electrons. The first-order valence-electron chi connectivity index (χ1n) is 5.91. The van der Waals surface area contributed by atoms with E-state index in [1.807, 2.05) is 0 Å². The van der Waals surface area contributed by atoms with Gasteiger partial charge < -0.3 is 15.2 Å². The summed E-state index contributed by atoms with van der Waals surface area (Å²) in [6.45, 7) is 2.35. The molecule has 0 aliphatic carbocycles. The summed E-state index contributed by atoms with van der Waals surface area (Å²) in [5.41, 5.74) is 0.0610. The van der Waals surface area contributed by atoms with Gasteiger partial charge in [-0.05, 0) is 32.0 Å². The third kappa shape index (κ3) is 4.38. The van der Waals surface area contributed by atoms with Crippen molar-refractivity contribution in [2.24, 2.45) is 0 Å². The van der Waals surface area contributed by atoms with Gasteiger partial charge in [0.2, 0.25) is 0 Å². The second-order valence-corrected chi connectivity index (χ2v) is 4.76. The molecular formula is C13H15ClFNO4. The molecular weight excluding hydrogens is 289 g/mol. The molecule has 0 fully saturated rings. The molecule has 1 aromatic rings. The van der Waals surface area contributed by atoms with Crippen LogP contribution in [0, 0.1) is 0 Å². The maximum atomic E-state index is 12.5.